The standard InChI is InChI=1S/C72H66N6S3/c1-4-7-19-52-58(40-73-70(79)76-61-37-31-49-25-22-43-13-10-16-46-28-34-55(61)67(49)64(43)46)53(20-8-5-2)60(42-75-72(81)78-63-39-33-51-27-24-45-15-12-18-48-30-36-57(63)69(51)66(45)48)54(21-9-6-3)59(52)41-74-71(80)77-62-38-32-50-26-23-44-14-11-17-47-29-35-56(62)68(50)65(44)47/h10-18,22-39H,4-9,19-21,40-42H2,1-3H3,(H2,73,76,79)(H2,74,77,80)(H2,75,78,81). The number of rotatable bonds is 18. The van der Waals surface area contributed by atoms with Crippen molar-refractivity contribution >= 4 is 166 Å². The van der Waals surface area contributed by atoms with E-state index >= 15 is 0 Å². The van der Waals surface area contributed by atoms with Gasteiger partial charge in [-0.05, 0) is 208 Å². The highest BCUT2D eigenvalue weighted by molar-refractivity contribution is 7.80. The van der Waals surface area contributed by atoms with Crippen LogP contribution >= 0.6 is 36.7 Å². The zero-order chi connectivity index (χ0) is 55.1. The Morgan fingerprint density at radius 2 is 0.519 bits per heavy atom. The Labute approximate surface area is 490 Å². The van der Waals surface area contributed by atoms with Crippen molar-refractivity contribution in [3.63, 3.8) is 0 Å². The molecule has 0 spiro atoms. The van der Waals surface area contributed by atoms with E-state index in [9.17, 15) is 0 Å². The third-order valence-electron chi connectivity index (χ3n) is 17.1. The number of benzene rings is 13. The molecule has 0 fully saturated rings. The minimum atomic E-state index is 0.570. The van der Waals surface area contributed by atoms with Crippen LogP contribution in [0.3, 0.4) is 0 Å². The van der Waals surface area contributed by atoms with Crippen molar-refractivity contribution in [2.24, 2.45) is 0 Å². The van der Waals surface area contributed by atoms with E-state index in [1.807, 2.05) is 0 Å². The smallest absolute Gasteiger partial charge is 0.171 e. The first-order chi connectivity index (χ1) is 39.8. The van der Waals surface area contributed by atoms with Crippen LogP contribution in [-0.4, -0.2) is 15.3 Å². The molecule has 13 aromatic carbocycles. The Kier molecular flexibility index (Phi) is 14.6. The molecule has 0 atom stereocenters. The summed E-state index contributed by atoms with van der Waals surface area (Å²) in [6.45, 7) is 8.60. The van der Waals surface area contributed by atoms with Crippen LogP contribution in [-0.2, 0) is 38.9 Å². The van der Waals surface area contributed by atoms with Crippen LogP contribution in [0.5, 0.6) is 0 Å². The summed E-state index contributed by atoms with van der Waals surface area (Å²) < 4.78 is 0. The third-order valence-corrected chi connectivity index (χ3v) is 17.9. The fourth-order valence-corrected chi connectivity index (χ4v) is 13.8. The molecule has 0 aliphatic carbocycles. The average Bonchev–Trinajstić information content (AvgIpc) is 3.50. The van der Waals surface area contributed by atoms with Gasteiger partial charge >= 0.3 is 0 Å². The van der Waals surface area contributed by atoms with E-state index < -0.39 is 0 Å². The molecule has 0 radical (unpaired) electrons. The summed E-state index contributed by atoms with van der Waals surface area (Å²) in [6.07, 6.45) is 9.21. The zero-order valence-corrected chi connectivity index (χ0v) is 48.7. The van der Waals surface area contributed by atoms with Crippen LogP contribution in [0.4, 0.5) is 17.1 Å². The van der Waals surface area contributed by atoms with Gasteiger partial charge in [0.25, 0.3) is 0 Å². The summed E-state index contributed by atoms with van der Waals surface area (Å²) >= 11 is 18.9. The fraction of sp³-hybridized carbons (Fsp3) is 0.208. The molecule has 0 amide bonds. The van der Waals surface area contributed by atoms with Gasteiger partial charge in [-0.25, -0.2) is 0 Å². The van der Waals surface area contributed by atoms with Gasteiger partial charge in [0, 0.05) is 52.9 Å². The molecule has 0 saturated carbocycles. The first kappa shape index (κ1) is 52.4. The molecule has 6 nitrogen and oxygen atoms in total. The van der Waals surface area contributed by atoms with Gasteiger partial charge in [-0.2, -0.15) is 0 Å². The second-order valence-electron chi connectivity index (χ2n) is 22.0. The number of unbranched alkanes of at least 4 members (excludes halogenated alkanes) is 3. The van der Waals surface area contributed by atoms with Crippen molar-refractivity contribution in [1.29, 1.82) is 0 Å². The molecule has 9 heteroatoms. The van der Waals surface area contributed by atoms with Gasteiger partial charge in [0.2, 0.25) is 0 Å². The molecular weight excluding hydrogens is 1050 g/mol. The van der Waals surface area contributed by atoms with Crippen LogP contribution in [0.25, 0.3) is 97.0 Å². The van der Waals surface area contributed by atoms with Crippen LogP contribution < -0.4 is 31.9 Å². The lowest BCUT2D eigenvalue weighted by atomic mass is 9.81. The summed E-state index contributed by atoms with van der Waals surface area (Å²) in [7, 11) is 0. The van der Waals surface area contributed by atoms with Crippen LogP contribution in [0.2, 0.25) is 0 Å². The Hall–Kier alpha value is -7.95. The summed E-state index contributed by atoms with van der Waals surface area (Å²) in [5, 5.41) is 46.5. The Morgan fingerprint density at radius 3 is 0.778 bits per heavy atom. The normalized spacial score (nSPS) is 11.9. The number of anilines is 3. The number of thiocarbonyl (C=S) groups is 3. The summed E-state index contributed by atoms with van der Waals surface area (Å²) in [5.74, 6) is 0. The van der Waals surface area contributed by atoms with E-state index in [-0.39, 0.29) is 0 Å². The van der Waals surface area contributed by atoms with Crippen molar-refractivity contribution in [2.45, 2.75) is 98.2 Å². The van der Waals surface area contributed by atoms with E-state index in [0.29, 0.717) is 35.0 Å². The zero-order valence-electron chi connectivity index (χ0n) is 46.3. The first-order valence-electron chi connectivity index (χ1n) is 29.1. The molecule has 402 valence electrons. The van der Waals surface area contributed by atoms with Crippen LogP contribution in [0, 0.1) is 0 Å². The molecule has 81 heavy (non-hydrogen) atoms. The second-order valence-corrected chi connectivity index (χ2v) is 23.2. The third kappa shape index (κ3) is 9.79. The predicted molar refractivity (Wildman–Crippen MR) is 362 cm³/mol. The first-order valence-corrected chi connectivity index (χ1v) is 30.3. The van der Waals surface area contributed by atoms with Crippen LogP contribution in [0.15, 0.2) is 164 Å². The molecule has 0 saturated heterocycles. The quantitative estimate of drug-likeness (QED) is 0.0372. The lowest BCUT2D eigenvalue weighted by Crippen LogP contribution is -2.33. The molecule has 13 rings (SSSR count). The topological polar surface area (TPSA) is 72.2 Å². The maximum atomic E-state index is 6.31. The molecule has 0 aromatic heterocycles. The Bertz CT molecular complexity index is 4020. The molecule has 0 unspecified atom stereocenters. The molecule has 6 N–H and O–H groups in total. The average molecular weight is 1110 g/mol. The highest BCUT2D eigenvalue weighted by Gasteiger charge is 2.25. The van der Waals surface area contributed by atoms with Crippen molar-refractivity contribution < 1.29 is 0 Å². The SMILES string of the molecule is CCCCc1c(CNC(=S)Nc2ccc3ccc4cccc5ccc2c3c45)c(CCCC)c(CNC(=S)Nc2ccc3ccc4cccc5ccc2c3c45)c(CCCC)c1CNC(=S)Nc1ccc2ccc3cccc4ccc1c2c34. The largest absolute Gasteiger partial charge is 0.358 e. The van der Waals surface area contributed by atoms with Gasteiger partial charge in [0.15, 0.2) is 15.3 Å². The van der Waals surface area contributed by atoms with E-state index in [1.165, 1.54) is 114 Å². The highest BCUT2D eigenvalue weighted by Crippen LogP contribution is 2.41. The fourth-order valence-electron chi connectivity index (χ4n) is 13.2. The highest BCUT2D eigenvalue weighted by atomic mass is 32.1. The minimum absolute atomic E-state index is 0.570. The van der Waals surface area contributed by atoms with Crippen molar-refractivity contribution in [2.75, 3.05) is 16.0 Å². The molecule has 0 aliphatic heterocycles. The van der Waals surface area contributed by atoms with E-state index in [1.54, 1.807) is 0 Å². The van der Waals surface area contributed by atoms with Gasteiger partial charge in [-0.1, -0.05) is 186 Å². The Balaban J connectivity index is 0.866. The summed E-state index contributed by atoms with van der Waals surface area (Å²) in [6, 6.07) is 59.6. The van der Waals surface area contributed by atoms with Gasteiger partial charge in [-0.15, -0.1) is 0 Å². The van der Waals surface area contributed by atoms with Crippen LogP contribution in [0.1, 0.15) is 92.7 Å². The Morgan fingerprint density at radius 1 is 0.284 bits per heavy atom. The van der Waals surface area contributed by atoms with Gasteiger partial charge in [-0.3, -0.25) is 0 Å². The summed E-state index contributed by atoms with van der Waals surface area (Å²) in [5.41, 5.74) is 11.1. The van der Waals surface area contributed by atoms with Crippen molar-refractivity contribution in [1.82, 2.24) is 16.0 Å². The van der Waals surface area contributed by atoms with Crippen molar-refractivity contribution in [3.05, 3.63) is 197 Å². The maximum Gasteiger partial charge on any atom is 0.171 e. The lowest BCUT2D eigenvalue weighted by Gasteiger charge is -2.29. The molecule has 0 aliphatic rings. The van der Waals surface area contributed by atoms with E-state index in [0.717, 1.165) is 91.0 Å². The number of hydrogen-bond acceptors (Lipinski definition) is 3. The monoisotopic (exact) mass is 1110 g/mol. The van der Waals surface area contributed by atoms with E-state index in [4.69, 9.17) is 36.7 Å². The van der Waals surface area contributed by atoms with E-state index in [2.05, 4.69) is 216 Å². The maximum absolute atomic E-state index is 6.31. The van der Waals surface area contributed by atoms with Crippen molar-refractivity contribution in [3.8, 4) is 0 Å². The van der Waals surface area contributed by atoms with Gasteiger partial charge in [0.05, 0.1) is 0 Å². The van der Waals surface area contributed by atoms with Gasteiger partial charge in [0.1, 0.15) is 0 Å². The molecular formula is C72H66N6S3. The van der Waals surface area contributed by atoms with Gasteiger partial charge < -0.3 is 31.9 Å². The number of hydrogen-bond donors (Lipinski definition) is 6. The molecule has 0 bridgehead atoms. The molecule has 0 heterocycles. The number of nitrogens with one attached hydrogen (secondary N) is 6. The lowest BCUT2D eigenvalue weighted by molar-refractivity contribution is 0.705. The summed E-state index contributed by atoms with van der Waals surface area (Å²) in [4.78, 5) is 0. The molecule has 13 aromatic rings. The predicted octanol–water partition coefficient (Wildman–Crippen LogP) is 18.9. The minimum Gasteiger partial charge on any atom is -0.358 e. The second kappa shape index (κ2) is 22.5.